The standard InChI is InChI=1S/C7H11N3O4/c11-3-4-13-7(12)8-2-1-6-9-5-14-10-6/h5,11H,1-4H2,(H,8,12). The van der Waals surface area contributed by atoms with Gasteiger partial charge < -0.3 is 19.7 Å². The number of ether oxygens (including phenoxy) is 1. The van der Waals surface area contributed by atoms with E-state index in [1.54, 1.807) is 0 Å². The third-order valence-corrected chi connectivity index (χ3v) is 1.35. The lowest BCUT2D eigenvalue weighted by Gasteiger charge is -2.03. The van der Waals surface area contributed by atoms with Crippen molar-refractivity contribution in [3.8, 4) is 0 Å². The fourth-order valence-corrected chi connectivity index (χ4v) is 0.768. The van der Waals surface area contributed by atoms with E-state index in [1.165, 1.54) is 6.39 Å². The lowest BCUT2D eigenvalue weighted by atomic mass is 10.4. The molecule has 0 saturated carbocycles. The zero-order valence-corrected chi connectivity index (χ0v) is 7.47. The quantitative estimate of drug-likeness (QED) is 0.655. The van der Waals surface area contributed by atoms with E-state index in [4.69, 9.17) is 5.11 Å². The largest absolute Gasteiger partial charge is 0.447 e. The van der Waals surface area contributed by atoms with Crippen LogP contribution in [0.2, 0.25) is 0 Å². The summed E-state index contributed by atoms with van der Waals surface area (Å²) < 4.78 is 9.05. The van der Waals surface area contributed by atoms with Gasteiger partial charge in [-0.2, -0.15) is 4.98 Å². The lowest BCUT2D eigenvalue weighted by Crippen LogP contribution is -2.27. The van der Waals surface area contributed by atoms with Gasteiger partial charge in [0, 0.05) is 13.0 Å². The SMILES string of the molecule is O=C(NCCc1ncon1)OCCO. The minimum Gasteiger partial charge on any atom is -0.447 e. The molecule has 0 saturated heterocycles. The van der Waals surface area contributed by atoms with Gasteiger partial charge in [0.1, 0.15) is 6.61 Å². The third-order valence-electron chi connectivity index (χ3n) is 1.35. The van der Waals surface area contributed by atoms with Crippen LogP contribution in [0.3, 0.4) is 0 Å². The van der Waals surface area contributed by atoms with E-state index in [1.807, 2.05) is 0 Å². The lowest BCUT2D eigenvalue weighted by molar-refractivity contribution is 0.119. The van der Waals surface area contributed by atoms with Crippen molar-refractivity contribution in [3.63, 3.8) is 0 Å². The number of aliphatic hydroxyl groups excluding tert-OH is 1. The summed E-state index contributed by atoms with van der Waals surface area (Å²) in [5.41, 5.74) is 0. The summed E-state index contributed by atoms with van der Waals surface area (Å²) in [6.07, 6.45) is 1.13. The van der Waals surface area contributed by atoms with Crippen LogP contribution >= 0.6 is 0 Å². The summed E-state index contributed by atoms with van der Waals surface area (Å²) in [7, 11) is 0. The summed E-state index contributed by atoms with van der Waals surface area (Å²) in [6, 6.07) is 0. The Balaban J connectivity index is 2.06. The highest BCUT2D eigenvalue weighted by Gasteiger charge is 2.02. The average Bonchev–Trinajstić information content (AvgIpc) is 2.67. The molecule has 0 radical (unpaired) electrons. The number of aliphatic hydroxyl groups is 1. The van der Waals surface area contributed by atoms with Crippen LogP contribution in [-0.4, -0.2) is 41.1 Å². The van der Waals surface area contributed by atoms with Crippen molar-refractivity contribution >= 4 is 6.09 Å². The Hall–Kier alpha value is -1.63. The third kappa shape index (κ3) is 3.85. The monoisotopic (exact) mass is 201 g/mol. The van der Waals surface area contributed by atoms with Crippen LogP contribution in [0.1, 0.15) is 5.82 Å². The highest BCUT2D eigenvalue weighted by Crippen LogP contribution is 1.88. The Morgan fingerprint density at radius 1 is 1.71 bits per heavy atom. The molecule has 0 fully saturated rings. The van der Waals surface area contributed by atoms with Crippen molar-refractivity contribution in [2.24, 2.45) is 0 Å². The zero-order valence-electron chi connectivity index (χ0n) is 7.47. The average molecular weight is 201 g/mol. The van der Waals surface area contributed by atoms with Gasteiger partial charge in [-0.05, 0) is 0 Å². The second kappa shape index (κ2) is 5.92. The van der Waals surface area contributed by atoms with Gasteiger partial charge >= 0.3 is 6.09 Å². The number of hydrogen-bond acceptors (Lipinski definition) is 6. The van der Waals surface area contributed by atoms with E-state index in [-0.39, 0.29) is 13.2 Å². The number of aromatic nitrogens is 2. The van der Waals surface area contributed by atoms with Crippen molar-refractivity contribution in [2.45, 2.75) is 6.42 Å². The highest BCUT2D eigenvalue weighted by molar-refractivity contribution is 5.67. The van der Waals surface area contributed by atoms with Gasteiger partial charge in [-0.25, -0.2) is 4.79 Å². The van der Waals surface area contributed by atoms with E-state index in [2.05, 4.69) is 24.7 Å². The number of rotatable bonds is 5. The molecule has 0 aliphatic carbocycles. The molecular weight excluding hydrogens is 190 g/mol. The van der Waals surface area contributed by atoms with E-state index in [0.29, 0.717) is 18.8 Å². The fourth-order valence-electron chi connectivity index (χ4n) is 0.768. The number of nitrogens with zero attached hydrogens (tertiary/aromatic N) is 2. The fraction of sp³-hybridized carbons (Fsp3) is 0.571. The summed E-state index contributed by atoms with van der Waals surface area (Å²) in [6.45, 7) is 0.177. The summed E-state index contributed by atoms with van der Waals surface area (Å²) in [4.78, 5) is 14.6. The second-order valence-electron chi connectivity index (χ2n) is 2.38. The Bertz CT molecular complexity index is 262. The van der Waals surface area contributed by atoms with Crippen LogP contribution < -0.4 is 5.32 Å². The van der Waals surface area contributed by atoms with Crippen molar-refractivity contribution in [3.05, 3.63) is 12.2 Å². The molecule has 0 aliphatic heterocycles. The molecule has 7 heteroatoms. The molecule has 1 aromatic rings. The molecule has 1 rings (SSSR count). The molecule has 7 nitrogen and oxygen atoms in total. The Morgan fingerprint density at radius 2 is 2.57 bits per heavy atom. The molecule has 14 heavy (non-hydrogen) atoms. The molecule has 0 spiro atoms. The Labute approximate surface area is 80.1 Å². The summed E-state index contributed by atoms with van der Waals surface area (Å²) in [5, 5.41) is 14.4. The van der Waals surface area contributed by atoms with Gasteiger partial charge in [0.2, 0.25) is 6.39 Å². The highest BCUT2D eigenvalue weighted by atomic mass is 16.6. The molecule has 1 amide bonds. The van der Waals surface area contributed by atoms with Gasteiger partial charge in [0.15, 0.2) is 5.82 Å². The minimum atomic E-state index is -0.567. The first-order valence-corrected chi connectivity index (χ1v) is 4.09. The topological polar surface area (TPSA) is 97.5 Å². The van der Waals surface area contributed by atoms with Crippen LogP contribution in [-0.2, 0) is 11.2 Å². The number of carbonyl (C=O) groups excluding carboxylic acids is 1. The predicted molar refractivity (Wildman–Crippen MR) is 44.4 cm³/mol. The van der Waals surface area contributed by atoms with Crippen molar-refractivity contribution in [1.82, 2.24) is 15.5 Å². The predicted octanol–water partition coefficient (Wildman–Crippen LogP) is -0.669. The van der Waals surface area contributed by atoms with E-state index in [9.17, 15) is 4.79 Å². The van der Waals surface area contributed by atoms with Gasteiger partial charge in [-0.1, -0.05) is 5.16 Å². The second-order valence-corrected chi connectivity index (χ2v) is 2.38. The van der Waals surface area contributed by atoms with E-state index >= 15 is 0 Å². The first-order valence-electron chi connectivity index (χ1n) is 4.09. The van der Waals surface area contributed by atoms with Crippen LogP contribution in [0, 0.1) is 0 Å². The molecule has 1 heterocycles. The minimum absolute atomic E-state index is 0.00591. The van der Waals surface area contributed by atoms with Crippen molar-refractivity contribution < 1.29 is 19.2 Å². The smallest absolute Gasteiger partial charge is 0.407 e. The number of nitrogens with one attached hydrogen (secondary N) is 1. The van der Waals surface area contributed by atoms with Gasteiger partial charge in [-0.15, -0.1) is 0 Å². The summed E-state index contributed by atoms with van der Waals surface area (Å²) >= 11 is 0. The summed E-state index contributed by atoms with van der Waals surface area (Å²) in [5.74, 6) is 0.521. The van der Waals surface area contributed by atoms with Crippen molar-refractivity contribution in [1.29, 1.82) is 0 Å². The number of carbonyl (C=O) groups is 1. The first-order chi connectivity index (χ1) is 6.83. The molecule has 0 bridgehead atoms. The van der Waals surface area contributed by atoms with Crippen LogP contribution in [0.15, 0.2) is 10.9 Å². The molecule has 1 aromatic heterocycles. The van der Waals surface area contributed by atoms with Crippen LogP contribution in [0.4, 0.5) is 4.79 Å². The molecule has 0 atom stereocenters. The maximum atomic E-state index is 10.8. The Morgan fingerprint density at radius 3 is 3.21 bits per heavy atom. The van der Waals surface area contributed by atoms with Crippen LogP contribution in [0.5, 0.6) is 0 Å². The number of amides is 1. The normalized spacial score (nSPS) is 9.79. The van der Waals surface area contributed by atoms with Gasteiger partial charge in [0.05, 0.1) is 6.61 Å². The Kier molecular flexibility index (Phi) is 4.42. The van der Waals surface area contributed by atoms with Gasteiger partial charge in [0.25, 0.3) is 0 Å². The molecule has 78 valence electrons. The van der Waals surface area contributed by atoms with Crippen molar-refractivity contribution in [2.75, 3.05) is 19.8 Å². The maximum Gasteiger partial charge on any atom is 0.407 e. The molecule has 0 aliphatic rings. The molecular formula is C7H11N3O4. The molecule has 2 N–H and O–H groups in total. The van der Waals surface area contributed by atoms with E-state index in [0.717, 1.165) is 0 Å². The number of alkyl carbamates (subject to hydrolysis) is 1. The molecule has 0 unspecified atom stereocenters. The zero-order chi connectivity index (χ0) is 10.2. The van der Waals surface area contributed by atoms with Gasteiger partial charge in [-0.3, -0.25) is 0 Å². The molecule has 0 aromatic carbocycles. The van der Waals surface area contributed by atoms with Crippen LogP contribution in [0.25, 0.3) is 0 Å². The van der Waals surface area contributed by atoms with E-state index < -0.39 is 6.09 Å². The number of hydrogen-bond donors (Lipinski definition) is 2. The maximum absolute atomic E-state index is 10.8. The first kappa shape index (κ1) is 10.5.